The summed E-state index contributed by atoms with van der Waals surface area (Å²) in [5.41, 5.74) is 2.47. The minimum Gasteiger partial charge on any atom is -0.502 e. The Morgan fingerprint density at radius 1 is 0.891 bits per heavy atom. The highest BCUT2D eigenvalue weighted by Crippen LogP contribution is 2.63. The number of phenols is 1. The molecule has 10 nitrogen and oxygen atoms in total. The van der Waals surface area contributed by atoms with Gasteiger partial charge in [0.15, 0.2) is 21.2 Å². The third-order valence-corrected chi connectivity index (χ3v) is 13.6. The van der Waals surface area contributed by atoms with Gasteiger partial charge in [-0.3, -0.25) is 29.0 Å². The standard InChI is InChI=1S/C42H40Cl2FN3O7/c1-54-33-20-25(21-34(55-2)36(33)49)8-15-32-29-13-14-30-35(38(51)47(37(30)50)28-16-18-46(19-17-28)23-24-6-4-3-5-7-24)31(29)22-41(43)39(52)48(40(53)42(32,41)44)27-11-9-26(45)10-12-27/h3-13,15,20-21,28,30-32,35,49H,14,16-19,22-23H2,1-2H3. The van der Waals surface area contributed by atoms with Crippen LogP contribution in [0, 0.1) is 29.5 Å². The zero-order valence-electron chi connectivity index (χ0n) is 30.3. The molecule has 1 N–H and O–H groups in total. The number of anilines is 1. The van der Waals surface area contributed by atoms with E-state index in [-0.39, 0.29) is 53.6 Å². The number of methoxy groups -OCH3 is 2. The molecule has 8 rings (SSSR count). The monoisotopic (exact) mass is 787 g/mol. The SMILES string of the molecule is COc1cc(C=CC2C3=CCC4C(=O)N(C5CCN(Cc6ccccc6)CC5)C(=O)C4C3CC3(Cl)C(=O)N(c4ccc(F)cc4)C(=O)C23Cl)cc(OC)c1O. The third kappa shape index (κ3) is 5.85. The Balaban J connectivity index is 1.15. The van der Waals surface area contributed by atoms with Gasteiger partial charge in [0.1, 0.15) is 5.82 Å². The molecule has 3 aromatic carbocycles. The van der Waals surface area contributed by atoms with E-state index in [4.69, 9.17) is 32.7 Å². The number of halogens is 3. The summed E-state index contributed by atoms with van der Waals surface area (Å²) in [7, 11) is 2.80. The first kappa shape index (κ1) is 37.2. The number of hydrogen-bond acceptors (Lipinski definition) is 8. The summed E-state index contributed by atoms with van der Waals surface area (Å²) in [5.74, 6) is -5.72. The van der Waals surface area contributed by atoms with Crippen LogP contribution in [0.25, 0.3) is 6.08 Å². The highest BCUT2D eigenvalue weighted by Gasteiger charge is 2.76. The van der Waals surface area contributed by atoms with Gasteiger partial charge in [-0.15, -0.1) is 23.2 Å². The fraction of sp³-hybridized carbons (Fsp3) is 0.381. The molecule has 6 unspecified atom stereocenters. The van der Waals surface area contributed by atoms with Crippen LogP contribution in [0.15, 0.2) is 84.5 Å². The largest absolute Gasteiger partial charge is 0.502 e. The molecule has 1 saturated carbocycles. The smallest absolute Gasteiger partial charge is 0.258 e. The van der Waals surface area contributed by atoms with Crippen molar-refractivity contribution in [3.05, 3.63) is 101 Å². The van der Waals surface area contributed by atoms with E-state index < -0.39 is 51.1 Å². The number of likely N-dealkylation sites (tertiary alicyclic amines) is 2. The number of nitrogens with zero attached hydrogens (tertiary/aromatic N) is 3. The molecule has 3 aliphatic heterocycles. The molecule has 0 aromatic heterocycles. The van der Waals surface area contributed by atoms with Crippen LogP contribution in [-0.4, -0.2) is 81.6 Å². The minimum absolute atomic E-state index is 0.105. The molecule has 3 heterocycles. The van der Waals surface area contributed by atoms with Crippen LogP contribution in [0.3, 0.4) is 0 Å². The molecule has 0 radical (unpaired) electrons. The Hall–Kier alpha value is -4.71. The van der Waals surface area contributed by atoms with E-state index in [1.807, 2.05) is 24.3 Å². The normalized spacial score (nSPS) is 29.7. The van der Waals surface area contributed by atoms with Crippen LogP contribution in [0.2, 0.25) is 0 Å². The van der Waals surface area contributed by atoms with Crippen molar-refractivity contribution in [2.45, 2.75) is 48.0 Å². The van der Waals surface area contributed by atoms with E-state index in [1.54, 1.807) is 24.3 Å². The third-order valence-electron chi connectivity index (χ3n) is 12.1. The maximum atomic E-state index is 14.6. The second-order valence-corrected chi connectivity index (χ2v) is 16.2. The number of ether oxygens (including phenoxy) is 2. The molecule has 13 heteroatoms. The maximum Gasteiger partial charge on any atom is 0.258 e. The van der Waals surface area contributed by atoms with Crippen LogP contribution in [0.1, 0.15) is 36.8 Å². The van der Waals surface area contributed by atoms with Gasteiger partial charge in [-0.05, 0) is 79.1 Å². The number of piperidine rings is 1. The van der Waals surface area contributed by atoms with Gasteiger partial charge in [-0.1, -0.05) is 54.1 Å². The quantitative estimate of drug-likeness (QED) is 0.160. The fourth-order valence-electron chi connectivity index (χ4n) is 9.43. The number of imide groups is 2. The first-order chi connectivity index (χ1) is 26.4. The Morgan fingerprint density at radius 2 is 1.55 bits per heavy atom. The van der Waals surface area contributed by atoms with Crippen molar-refractivity contribution in [1.82, 2.24) is 9.80 Å². The lowest BCUT2D eigenvalue weighted by Gasteiger charge is -2.49. The molecular weight excluding hydrogens is 748 g/mol. The zero-order chi connectivity index (χ0) is 38.8. The predicted octanol–water partition coefficient (Wildman–Crippen LogP) is 6.32. The van der Waals surface area contributed by atoms with Crippen LogP contribution in [-0.2, 0) is 25.7 Å². The Labute approximate surface area is 328 Å². The Morgan fingerprint density at radius 3 is 2.18 bits per heavy atom. The number of allylic oxidation sites excluding steroid dienone is 3. The molecule has 0 spiro atoms. The summed E-state index contributed by atoms with van der Waals surface area (Å²) in [6, 6.07) is 18.0. The Kier molecular flexibility index (Phi) is 9.54. The van der Waals surface area contributed by atoms with Crippen molar-refractivity contribution >= 4 is 58.6 Å². The average molecular weight is 789 g/mol. The second-order valence-electron chi connectivity index (χ2n) is 15.0. The number of aromatic hydroxyl groups is 1. The van der Waals surface area contributed by atoms with Crippen molar-refractivity contribution < 1.29 is 38.1 Å². The van der Waals surface area contributed by atoms with E-state index in [9.17, 15) is 28.7 Å². The summed E-state index contributed by atoms with van der Waals surface area (Å²) in [6.45, 7) is 2.25. The second kappa shape index (κ2) is 14.1. The predicted molar refractivity (Wildman–Crippen MR) is 204 cm³/mol. The van der Waals surface area contributed by atoms with Gasteiger partial charge in [-0.25, -0.2) is 9.29 Å². The van der Waals surface area contributed by atoms with Crippen molar-refractivity contribution in [2.24, 2.45) is 23.7 Å². The van der Waals surface area contributed by atoms with Crippen molar-refractivity contribution in [1.29, 1.82) is 0 Å². The van der Waals surface area contributed by atoms with E-state index in [2.05, 4.69) is 17.0 Å². The number of phenolic OH excluding ortho intramolecular Hbond substituents is 1. The van der Waals surface area contributed by atoms with Gasteiger partial charge in [0.2, 0.25) is 17.6 Å². The lowest BCUT2D eigenvalue weighted by atomic mass is 9.57. The summed E-state index contributed by atoms with van der Waals surface area (Å²) in [4.78, 5) is 58.4. The molecule has 0 bridgehead atoms. The molecule has 55 heavy (non-hydrogen) atoms. The number of alkyl halides is 2. The average Bonchev–Trinajstić information content (AvgIpc) is 3.53. The number of carbonyl (C=O) groups excluding carboxylic acids is 4. The van der Waals surface area contributed by atoms with Crippen molar-refractivity contribution in [2.75, 3.05) is 32.2 Å². The van der Waals surface area contributed by atoms with Gasteiger partial charge in [-0.2, -0.15) is 0 Å². The molecule has 4 amide bonds. The van der Waals surface area contributed by atoms with Gasteiger partial charge in [0, 0.05) is 31.6 Å². The van der Waals surface area contributed by atoms with Gasteiger partial charge in [0.25, 0.3) is 11.8 Å². The first-order valence-electron chi connectivity index (χ1n) is 18.4. The molecule has 2 aliphatic carbocycles. The topological polar surface area (TPSA) is 117 Å². The number of rotatable bonds is 8. The molecule has 286 valence electrons. The van der Waals surface area contributed by atoms with Gasteiger partial charge >= 0.3 is 0 Å². The van der Waals surface area contributed by atoms with Crippen molar-refractivity contribution in [3.8, 4) is 17.2 Å². The number of fused-ring (bicyclic) bond motifs is 4. The summed E-state index contributed by atoms with van der Waals surface area (Å²) in [5, 5.41) is 10.5. The number of amides is 4. The highest BCUT2D eigenvalue weighted by atomic mass is 35.5. The number of carbonyl (C=O) groups is 4. The number of hydrogen-bond donors (Lipinski definition) is 1. The van der Waals surface area contributed by atoms with Crippen LogP contribution in [0.5, 0.6) is 17.2 Å². The fourth-order valence-corrected chi connectivity index (χ4v) is 10.3. The first-order valence-corrected chi connectivity index (χ1v) is 19.2. The van der Waals surface area contributed by atoms with E-state index in [0.29, 0.717) is 24.0 Å². The van der Waals surface area contributed by atoms with Gasteiger partial charge < -0.3 is 14.6 Å². The van der Waals surface area contributed by atoms with E-state index in [0.717, 1.165) is 36.7 Å². The molecule has 3 saturated heterocycles. The zero-order valence-corrected chi connectivity index (χ0v) is 31.8. The summed E-state index contributed by atoms with van der Waals surface area (Å²) >= 11 is 14.9. The maximum absolute atomic E-state index is 14.6. The summed E-state index contributed by atoms with van der Waals surface area (Å²) in [6.07, 6.45) is 6.60. The lowest BCUT2D eigenvalue weighted by molar-refractivity contribution is -0.144. The van der Waals surface area contributed by atoms with Crippen LogP contribution >= 0.6 is 23.2 Å². The van der Waals surface area contributed by atoms with Gasteiger partial charge in [0.05, 0.1) is 31.7 Å². The Bertz CT molecular complexity index is 2100. The lowest BCUT2D eigenvalue weighted by Crippen LogP contribution is -2.60. The molecule has 6 atom stereocenters. The summed E-state index contributed by atoms with van der Waals surface area (Å²) < 4.78 is 24.7. The van der Waals surface area contributed by atoms with E-state index in [1.165, 1.54) is 36.8 Å². The van der Waals surface area contributed by atoms with Crippen LogP contribution < -0.4 is 14.4 Å². The molecular formula is C42H40Cl2FN3O7. The molecule has 5 aliphatic rings. The van der Waals surface area contributed by atoms with Crippen LogP contribution in [0.4, 0.5) is 10.1 Å². The van der Waals surface area contributed by atoms with E-state index >= 15 is 0 Å². The highest BCUT2D eigenvalue weighted by molar-refractivity contribution is 6.58. The number of benzene rings is 3. The minimum atomic E-state index is -2.06. The van der Waals surface area contributed by atoms with Crippen molar-refractivity contribution in [3.63, 3.8) is 0 Å². The molecule has 3 aromatic rings. The molecule has 4 fully saturated rings.